The Hall–Kier alpha value is -3.45. The van der Waals surface area contributed by atoms with E-state index in [4.69, 9.17) is 11.6 Å². The van der Waals surface area contributed by atoms with E-state index in [-0.39, 0.29) is 16.8 Å². The minimum atomic E-state index is -1.34. The Balaban J connectivity index is 1.96. The summed E-state index contributed by atoms with van der Waals surface area (Å²) in [6.07, 6.45) is 1.27. The van der Waals surface area contributed by atoms with E-state index in [1.807, 2.05) is 0 Å². The SMILES string of the molecule is O=C1NC(=O)N(c2ccc(Cl)cc2)C(=O)/C1=C/c1ccc(C(=O)[O-])cc1. The number of barbiturate groups is 1. The number of benzene rings is 2. The Bertz CT molecular complexity index is 949. The quantitative estimate of drug-likeness (QED) is 0.649. The molecule has 1 fully saturated rings. The number of hydrogen-bond acceptors (Lipinski definition) is 5. The number of aromatic carboxylic acids is 1. The molecule has 1 saturated heterocycles. The first-order valence-electron chi connectivity index (χ1n) is 7.35. The highest BCUT2D eigenvalue weighted by Crippen LogP contribution is 2.23. The van der Waals surface area contributed by atoms with E-state index in [0.717, 1.165) is 4.90 Å². The summed E-state index contributed by atoms with van der Waals surface area (Å²) in [4.78, 5) is 48.3. The fourth-order valence-electron chi connectivity index (χ4n) is 2.36. The molecule has 0 unspecified atom stereocenters. The second-order valence-electron chi connectivity index (χ2n) is 5.34. The molecule has 0 spiro atoms. The van der Waals surface area contributed by atoms with Crippen LogP contribution in [0.3, 0.4) is 0 Å². The van der Waals surface area contributed by atoms with Crippen molar-refractivity contribution in [2.24, 2.45) is 0 Å². The van der Waals surface area contributed by atoms with Crippen molar-refractivity contribution in [2.75, 3.05) is 4.90 Å². The molecule has 4 amide bonds. The van der Waals surface area contributed by atoms with Crippen LogP contribution in [0.15, 0.2) is 54.1 Å². The Kier molecular flexibility index (Phi) is 4.55. The van der Waals surface area contributed by atoms with Gasteiger partial charge in [0.05, 0.1) is 11.7 Å². The first kappa shape index (κ1) is 17.4. The number of halogens is 1. The highest BCUT2D eigenvalue weighted by Gasteiger charge is 2.36. The molecule has 0 aliphatic carbocycles. The van der Waals surface area contributed by atoms with Gasteiger partial charge in [0.15, 0.2) is 0 Å². The highest BCUT2D eigenvalue weighted by molar-refractivity contribution is 6.39. The standard InChI is InChI=1S/C18H11ClN2O5/c19-12-5-7-13(8-6-12)21-16(23)14(15(22)20-18(21)26)9-10-1-3-11(4-2-10)17(24)25/h1-9H,(H,24,25)(H,20,22,26)/p-1/b14-9+. The lowest BCUT2D eigenvalue weighted by Gasteiger charge is -2.26. The predicted octanol–water partition coefficient (Wildman–Crippen LogP) is 1.37. The zero-order chi connectivity index (χ0) is 18.8. The van der Waals surface area contributed by atoms with Gasteiger partial charge in [-0.15, -0.1) is 0 Å². The van der Waals surface area contributed by atoms with E-state index in [2.05, 4.69) is 5.32 Å². The monoisotopic (exact) mass is 369 g/mol. The van der Waals surface area contributed by atoms with Crippen molar-refractivity contribution in [3.05, 3.63) is 70.3 Å². The average Bonchev–Trinajstić information content (AvgIpc) is 2.60. The fourth-order valence-corrected chi connectivity index (χ4v) is 2.49. The molecule has 0 saturated carbocycles. The van der Waals surface area contributed by atoms with Crippen LogP contribution < -0.4 is 15.3 Å². The molecule has 2 aromatic carbocycles. The second-order valence-corrected chi connectivity index (χ2v) is 5.78. The van der Waals surface area contributed by atoms with Crippen molar-refractivity contribution in [2.45, 2.75) is 0 Å². The molecule has 26 heavy (non-hydrogen) atoms. The number of carbonyl (C=O) groups is 4. The molecule has 1 aliphatic rings. The summed E-state index contributed by atoms with van der Waals surface area (Å²) >= 11 is 5.80. The smallest absolute Gasteiger partial charge is 0.335 e. The average molecular weight is 370 g/mol. The molecule has 8 heteroatoms. The minimum Gasteiger partial charge on any atom is -0.545 e. The van der Waals surface area contributed by atoms with Gasteiger partial charge in [0.25, 0.3) is 11.8 Å². The van der Waals surface area contributed by atoms with E-state index in [9.17, 15) is 24.3 Å². The van der Waals surface area contributed by atoms with Crippen molar-refractivity contribution < 1.29 is 24.3 Å². The Labute approximate surface area is 152 Å². The number of urea groups is 1. The molecular formula is C18H10ClN2O5-. The molecule has 0 radical (unpaired) electrons. The summed E-state index contributed by atoms with van der Waals surface area (Å²) in [6.45, 7) is 0. The van der Waals surface area contributed by atoms with Gasteiger partial charge in [-0.25, -0.2) is 9.69 Å². The number of carboxylic acids is 1. The summed E-state index contributed by atoms with van der Waals surface area (Å²) in [6, 6.07) is 10.5. The van der Waals surface area contributed by atoms with Crippen LogP contribution in [0.5, 0.6) is 0 Å². The third-order valence-corrected chi connectivity index (χ3v) is 3.90. The summed E-state index contributed by atoms with van der Waals surface area (Å²) in [5, 5.41) is 13.3. The molecular weight excluding hydrogens is 360 g/mol. The molecule has 130 valence electrons. The third-order valence-electron chi connectivity index (χ3n) is 3.64. The Morgan fingerprint density at radius 1 is 1.00 bits per heavy atom. The summed E-state index contributed by atoms with van der Waals surface area (Å²) in [5.41, 5.74) is 0.367. The maximum Gasteiger partial charge on any atom is 0.335 e. The Morgan fingerprint density at radius 2 is 1.62 bits per heavy atom. The van der Waals surface area contributed by atoms with Crippen molar-refractivity contribution >= 4 is 47.2 Å². The number of amides is 4. The highest BCUT2D eigenvalue weighted by atomic mass is 35.5. The molecule has 2 aromatic rings. The number of hydrogen-bond donors (Lipinski definition) is 1. The largest absolute Gasteiger partial charge is 0.545 e. The molecule has 3 rings (SSSR count). The third kappa shape index (κ3) is 3.33. The lowest BCUT2D eigenvalue weighted by molar-refractivity contribution is -0.255. The number of nitrogens with one attached hydrogen (secondary N) is 1. The number of rotatable bonds is 3. The number of carboxylic acid groups (broad SMARTS) is 1. The fraction of sp³-hybridized carbons (Fsp3) is 0. The van der Waals surface area contributed by atoms with Crippen molar-refractivity contribution in [3.8, 4) is 0 Å². The van der Waals surface area contributed by atoms with E-state index in [1.54, 1.807) is 0 Å². The van der Waals surface area contributed by atoms with Crippen LogP contribution in [0.2, 0.25) is 5.02 Å². The summed E-state index contributed by atoms with van der Waals surface area (Å²) in [5.74, 6) is -2.98. The molecule has 0 aromatic heterocycles. The van der Waals surface area contributed by atoms with Gasteiger partial charge in [0.2, 0.25) is 0 Å². The molecule has 7 nitrogen and oxygen atoms in total. The van der Waals surface area contributed by atoms with E-state index in [0.29, 0.717) is 10.6 Å². The normalized spacial score (nSPS) is 16.0. The van der Waals surface area contributed by atoms with Crippen LogP contribution in [0.4, 0.5) is 10.5 Å². The van der Waals surface area contributed by atoms with E-state index >= 15 is 0 Å². The molecule has 0 atom stereocenters. The van der Waals surface area contributed by atoms with Gasteiger partial charge in [-0.3, -0.25) is 14.9 Å². The van der Waals surface area contributed by atoms with Gasteiger partial charge in [0, 0.05) is 5.02 Å². The predicted molar refractivity (Wildman–Crippen MR) is 91.2 cm³/mol. The zero-order valence-electron chi connectivity index (χ0n) is 13.1. The van der Waals surface area contributed by atoms with Crippen LogP contribution in [0.1, 0.15) is 15.9 Å². The first-order valence-corrected chi connectivity index (χ1v) is 7.73. The molecule has 0 bridgehead atoms. The lowest BCUT2D eigenvalue weighted by atomic mass is 10.1. The maximum atomic E-state index is 12.7. The van der Waals surface area contributed by atoms with Crippen LogP contribution >= 0.6 is 11.6 Å². The van der Waals surface area contributed by atoms with E-state index < -0.39 is 23.8 Å². The maximum absolute atomic E-state index is 12.7. The van der Waals surface area contributed by atoms with Crippen LogP contribution in [-0.2, 0) is 9.59 Å². The zero-order valence-corrected chi connectivity index (χ0v) is 13.8. The van der Waals surface area contributed by atoms with Gasteiger partial charge in [-0.05, 0) is 41.5 Å². The van der Waals surface area contributed by atoms with E-state index in [1.165, 1.54) is 54.6 Å². The van der Waals surface area contributed by atoms with Gasteiger partial charge in [-0.2, -0.15) is 0 Å². The van der Waals surface area contributed by atoms with Crippen molar-refractivity contribution in [1.29, 1.82) is 0 Å². The van der Waals surface area contributed by atoms with Crippen LogP contribution in [-0.4, -0.2) is 23.8 Å². The topological polar surface area (TPSA) is 107 Å². The minimum absolute atomic E-state index is 0.0375. The lowest BCUT2D eigenvalue weighted by Crippen LogP contribution is -2.54. The molecule has 1 aliphatic heterocycles. The number of carbonyl (C=O) groups excluding carboxylic acids is 4. The van der Waals surface area contributed by atoms with Crippen molar-refractivity contribution in [1.82, 2.24) is 5.32 Å². The summed E-state index contributed by atoms with van der Waals surface area (Å²) < 4.78 is 0. The van der Waals surface area contributed by atoms with Gasteiger partial charge in [0.1, 0.15) is 5.57 Å². The first-order chi connectivity index (χ1) is 12.4. The number of anilines is 1. The Morgan fingerprint density at radius 3 is 2.19 bits per heavy atom. The van der Waals surface area contributed by atoms with Gasteiger partial charge in [-0.1, -0.05) is 35.9 Å². The van der Waals surface area contributed by atoms with Crippen molar-refractivity contribution in [3.63, 3.8) is 0 Å². The van der Waals surface area contributed by atoms with Gasteiger partial charge < -0.3 is 9.90 Å². The van der Waals surface area contributed by atoms with Crippen LogP contribution in [0.25, 0.3) is 6.08 Å². The second kappa shape index (κ2) is 6.81. The van der Waals surface area contributed by atoms with Gasteiger partial charge >= 0.3 is 6.03 Å². The molecule has 1 heterocycles. The summed E-state index contributed by atoms with van der Waals surface area (Å²) in [7, 11) is 0. The molecule has 1 N–H and O–H groups in total. The van der Waals surface area contributed by atoms with Crippen LogP contribution in [0, 0.1) is 0 Å². The number of nitrogens with zero attached hydrogens (tertiary/aromatic N) is 1. The number of imide groups is 2.